The van der Waals surface area contributed by atoms with Crippen LogP contribution in [0.4, 0.5) is 0 Å². The fraction of sp³-hybridized carbons (Fsp3) is 0.826. The van der Waals surface area contributed by atoms with E-state index in [4.69, 9.17) is 29.4 Å². The summed E-state index contributed by atoms with van der Waals surface area (Å²) in [6.07, 6.45) is -5.51. The number of hydrogen-bond acceptors (Lipinski definition) is 14. The molecule has 1 aliphatic rings. The van der Waals surface area contributed by atoms with Gasteiger partial charge >= 0.3 is 5.97 Å². The van der Waals surface area contributed by atoms with Crippen LogP contribution in [0.3, 0.4) is 0 Å². The molecule has 1 aromatic rings. The van der Waals surface area contributed by atoms with Crippen LogP contribution in [0.15, 0.2) is 6.20 Å². The van der Waals surface area contributed by atoms with E-state index in [1.807, 2.05) is 0 Å². The van der Waals surface area contributed by atoms with Crippen molar-refractivity contribution in [3.8, 4) is 0 Å². The molecule has 6 atom stereocenters. The average molecular weight is 580 g/mol. The quantitative estimate of drug-likeness (QED) is 0.0727. The normalized spacial score (nSPS) is 24.5. The number of nitrogens with zero attached hydrogens (tertiary/aromatic N) is 3. The SMILES string of the molecule is CC(=O)N[C@H]1[C@H]([C@H](O)[C@H](O)CO)O[C@@](OCCc2cn(CCOCCOCCOCCN)nn2)(C(=O)O)C[C@@H]1O. The van der Waals surface area contributed by atoms with E-state index in [2.05, 4.69) is 15.6 Å². The second-order valence-electron chi connectivity index (χ2n) is 9.08. The molecule has 1 aromatic heterocycles. The number of nitrogens with one attached hydrogen (secondary N) is 1. The summed E-state index contributed by atoms with van der Waals surface area (Å²) in [4.78, 5) is 23.8. The predicted octanol–water partition coefficient (Wildman–Crippen LogP) is -4.00. The molecule has 230 valence electrons. The largest absolute Gasteiger partial charge is 0.477 e. The summed E-state index contributed by atoms with van der Waals surface area (Å²) in [7, 11) is 0. The van der Waals surface area contributed by atoms with Gasteiger partial charge in [-0.25, -0.2) is 9.48 Å². The monoisotopic (exact) mass is 579 g/mol. The second-order valence-corrected chi connectivity index (χ2v) is 9.08. The van der Waals surface area contributed by atoms with Crippen LogP contribution in [-0.2, 0) is 46.2 Å². The lowest BCUT2D eigenvalue weighted by Crippen LogP contribution is -2.68. The maximum atomic E-state index is 12.2. The number of carbonyl (C=O) groups is 2. The maximum Gasteiger partial charge on any atom is 0.364 e. The maximum absolute atomic E-state index is 12.2. The molecule has 0 aromatic carbocycles. The molecule has 1 aliphatic heterocycles. The van der Waals surface area contributed by atoms with E-state index in [1.54, 1.807) is 10.9 Å². The first-order chi connectivity index (χ1) is 19.1. The van der Waals surface area contributed by atoms with Crippen molar-refractivity contribution in [3.63, 3.8) is 0 Å². The fourth-order valence-electron chi connectivity index (χ4n) is 3.94. The predicted molar refractivity (Wildman–Crippen MR) is 134 cm³/mol. The standard InChI is InChI=1S/C23H41N5O12/c1-15(30)25-19-17(31)12-23(22(34)35,40-21(19)20(33)18(32)14-29)39-5-2-16-13-28(27-26-16)4-7-37-9-11-38-10-8-36-6-3-24/h13,17-21,29,31-33H,2-12,14,24H2,1H3,(H,25,30)(H,34,35)/t17-,18+,19+,20+,21+,23+/m0/s1. The molecule has 0 bridgehead atoms. The smallest absolute Gasteiger partial charge is 0.364 e. The van der Waals surface area contributed by atoms with Gasteiger partial charge in [0.15, 0.2) is 0 Å². The summed E-state index contributed by atoms with van der Waals surface area (Å²) < 4.78 is 28.7. The van der Waals surface area contributed by atoms with Crippen LogP contribution < -0.4 is 11.1 Å². The topological polar surface area (TPSA) is 250 Å². The zero-order chi connectivity index (χ0) is 29.5. The van der Waals surface area contributed by atoms with E-state index in [0.717, 1.165) is 6.92 Å². The lowest BCUT2D eigenvalue weighted by Gasteiger charge is -2.46. The number of hydrogen-bond donors (Lipinski definition) is 7. The Hall–Kier alpha value is -2.32. The van der Waals surface area contributed by atoms with Crippen LogP contribution >= 0.6 is 0 Å². The van der Waals surface area contributed by atoms with Crippen LogP contribution in [0.1, 0.15) is 19.0 Å². The molecule has 2 rings (SSSR count). The number of ether oxygens (including phenoxy) is 5. The molecule has 8 N–H and O–H groups in total. The number of aliphatic hydroxyl groups excluding tert-OH is 4. The molecule has 1 fully saturated rings. The van der Waals surface area contributed by atoms with E-state index in [0.29, 0.717) is 58.4 Å². The van der Waals surface area contributed by atoms with Crippen molar-refractivity contribution in [2.24, 2.45) is 5.73 Å². The summed E-state index contributed by atoms with van der Waals surface area (Å²) in [6, 6.07) is -1.27. The van der Waals surface area contributed by atoms with Crippen LogP contribution in [0.2, 0.25) is 0 Å². The van der Waals surface area contributed by atoms with Gasteiger partial charge in [0.1, 0.15) is 18.3 Å². The third-order valence-electron chi connectivity index (χ3n) is 5.94. The van der Waals surface area contributed by atoms with Crippen LogP contribution in [0.25, 0.3) is 0 Å². The molecule has 17 heteroatoms. The molecular weight excluding hydrogens is 538 g/mol. The summed E-state index contributed by atoms with van der Waals surface area (Å²) in [5.41, 5.74) is 5.81. The molecule has 0 unspecified atom stereocenters. The van der Waals surface area contributed by atoms with Gasteiger partial charge in [-0.1, -0.05) is 5.21 Å². The Kier molecular flexibility index (Phi) is 14.8. The Bertz CT molecular complexity index is 892. The Morgan fingerprint density at radius 3 is 2.42 bits per heavy atom. The van der Waals surface area contributed by atoms with E-state index in [1.165, 1.54) is 0 Å². The number of carboxylic acid groups (broad SMARTS) is 1. The first kappa shape index (κ1) is 33.9. The number of aliphatic hydroxyl groups is 4. The molecule has 0 aliphatic carbocycles. The zero-order valence-electron chi connectivity index (χ0n) is 22.5. The Morgan fingerprint density at radius 2 is 1.82 bits per heavy atom. The van der Waals surface area contributed by atoms with Crippen molar-refractivity contribution in [2.75, 3.05) is 59.4 Å². The minimum Gasteiger partial charge on any atom is -0.477 e. The highest BCUT2D eigenvalue weighted by atomic mass is 16.7. The van der Waals surface area contributed by atoms with E-state index < -0.39 is 61.1 Å². The van der Waals surface area contributed by atoms with Gasteiger partial charge < -0.3 is 60.3 Å². The van der Waals surface area contributed by atoms with E-state index >= 15 is 0 Å². The summed E-state index contributed by atoms with van der Waals surface area (Å²) in [5, 5.41) is 60.5. The van der Waals surface area contributed by atoms with Gasteiger partial charge in [0.2, 0.25) is 5.91 Å². The van der Waals surface area contributed by atoms with Crippen molar-refractivity contribution in [1.29, 1.82) is 0 Å². The molecule has 0 radical (unpaired) electrons. The number of carboxylic acids is 1. The Balaban J connectivity index is 1.85. The zero-order valence-corrected chi connectivity index (χ0v) is 22.5. The lowest BCUT2D eigenvalue weighted by molar-refractivity contribution is -0.311. The summed E-state index contributed by atoms with van der Waals surface area (Å²) in [5.74, 6) is -4.58. The molecule has 1 saturated heterocycles. The molecular formula is C23H41N5O12. The summed E-state index contributed by atoms with van der Waals surface area (Å²) >= 11 is 0. The number of carbonyl (C=O) groups excluding carboxylic acids is 1. The van der Waals surface area contributed by atoms with Crippen LogP contribution in [0.5, 0.6) is 0 Å². The molecule has 2 heterocycles. The molecule has 0 saturated carbocycles. The Morgan fingerprint density at radius 1 is 1.18 bits per heavy atom. The van der Waals surface area contributed by atoms with Gasteiger partial charge in [-0.05, 0) is 0 Å². The third kappa shape index (κ3) is 10.6. The van der Waals surface area contributed by atoms with Crippen molar-refractivity contribution in [3.05, 3.63) is 11.9 Å². The first-order valence-electron chi connectivity index (χ1n) is 12.9. The van der Waals surface area contributed by atoms with E-state index in [-0.39, 0.29) is 13.0 Å². The fourth-order valence-corrected chi connectivity index (χ4v) is 3.94. The van der Waals surface area contributed by atoms with Crippen molar-refractivity contribution in [1.82, 2.24) is 20.3 Å². The van der Waals surface area contributed by atoms with Gasteiger partial charge in [-0.3, -0.25) is 4.79 Å². The number of aliphatic carboxylic acids is 1. The highest BCUT2D eigenvalue weighted by molar-refractivity contribution is 5.76. The highest BCUT2D eigenvalue weighted by Crippen LogP contribution is 2.33. The molecule has 40 heavy (non-hydrogen) atoms. The minimum atomic E-state index is -2.41. The number of rotatable bonds is 20. The van der Waals surface area contributed by atoms with Crippen LogP contribution in [-0.4, -0.2) is 148 Å². The van der Waals surface area contributed by atoms with Gasteiger partial charge in [0.25, 0.3) is 5.79 Å². The Labute approximate surface area is 231 Å². The lowest BCUT2D eigenvalue weighted by atomic mass is 9.88. The van der Waals surface area contributed by atoms with Gasteiger partial charge in [0, 0.05) is 32.5 Å². The van der Waals surface area contributed by atoms with Crippen molar-refractivity contribution in [2.45, 2.75) is 62.6 Å². The van der Waals surface area contributed by atoms with Gasteiger partial charge in [-0.2, -0.15) is 0 Å². The molecule has 0 spiro atoms. The highest BCUT2D eigenvalue weighted by Gasteiger charge is 2.55. The molecule has 1 amide bonds. The first-order valence-corrected chi connectivity index (χ1v) is 12.9. The van der Waals surface area contributed by atoms with Crippen molar-refractivity contribution < 1.29 is 58.8 Å². The van der Waals surface area contributed by atoms with Gasteiger partial charge in [-0.15, -0.1) is 5.10 Å². The van der Waals surface area contributed by atoms with E-state index in [9.17, 15) is 35.1 Å². The van der Waals surface area contributed by atoms with Crippen LogP contribution in [0, 0.1) is 0 Å². The number of amides is 1. The third-order valence-corrected chi connectivity index (χ3v) is 5.94. The average Bonchev–Trinajstić information content (AvgIpc) is 3.37. The second kappa shape index (κ2) is 17.5. The van der Waals surface area contributed by atoms with Crippen molar-refractivity contribution >= 4 is 11.9 Å². The minimum absolute atomic E-state index is 0.136. The number of nitrogens with two attached hydrogens (primary N) is 1. The van der Waals surface area contributed by atoms with Gasteiger partial charge in [0.05, 0.1) is 77.2 Å². The summed E-state index contributed by atoms with van der Waals surface area (Å²) in [6.45, 7) is 3.53. The molecule has 17 nitrogen and oxygen atoms in total. The number of aromatic nitrogens is 3.